The molecule has 0 fully saturated rings. The Morgan fingerprint density at radius 3 is 2.50 bits per heavy atom. The average Bonchev–Trinajstić information content (AvgIpc) is 2.33. The van der Waals surface area contributed by atoms with Crippen LogP contribution in [0.1, 0.15) is 32.5 Å². The number of ether oxygens (including phenoxy) is 2. The van der Waals surface area contributed by atoms with Crippen molar-refractivity contribution >= 4 is 12.1 Å². The van der Waals surface area contributed by atoms with E-state index in [1.807, 2.05) is 0 Å². The van der Waals surface area contributed by atoms with Crippen LogP contribution in [0.15, 0.2) is 18.2 Å². The second-order valence-electron chi connectivity index (χ2n) is 5.02. The molecule has 1 aromatic heterocycles. The Balaban J connectivity index is 2.89. The molecule has 0 bridgehead atoms. The predicted octanol–water partition coefficient (Wildman–Crippen LogP) is 1.74. The molecule has 2 N–H and O–H groups in total. The van der Waals surface area contributed by atoms with Crippen molar-refractivity contribution in [1.82, 2.24) is 10.3 Å². The van der Waals surface area contributed by atoms with Crippen molar-refractivity contribution in [2.45, 2.75) is 32.4 Å². The first-order valence-electron chi connectivity index (χ1n) is 5.96. The Labute approximate surface area is 116 Å². The van der Waals surface area contributed by atoms with Crippen molar-refractivity contribution < 1.29 is 24.2 Å². The fourth-order valence-electron chi connectivity index (χ4n) is 1.39. The van der Waals surface area contributed by atoms with E-state index in [2.05, 4.69) is 10.3 Å². The number of carbonyl (C=O) groups is 2. The summed E-state index contributed by atoms with van der Waals surface area (Å²) in [6, 6.07) is 3.35. The maximum absolute atomic E-state index is 11.6. The summed E-state index contributed by atoms with van der Waals surface area (Å²) in [5.74, 6) is -0.976. The summed E-state index contributed by atoms with van der Waals surface area (Å²) in [5, 5.41) is 11.4. The van der Waals surface area contributed by atoms with Crippen molar-refractivity contribution in [3.63, 3.8) is 0 Å². The van der Waals surface area contributed by atoms with Gasteiger partial charge in [-0.05, 0) is 26.8 Å². The predicted molar refractivity (Wildman–Crippen MR) is 70.5 cm³/mol. The molecule has 0 aromatic carbocycles. The molecule has 110 valence electrons. The molecule has 1 amide bonds. The third-order valence-electron chi connectivity index (χ3n) is 2.16. The Morgan fingerprint density at radius 2 is 2.00 bits per heavy atom. The molecule has 0 aliphatic heterocycles. The molecule has 0 aliphatic rings. The van der Waals surface area contributed by atoms with Gasteiger partial charge in [0, 0.05) is 6.07 Å². The van der Waals surface area contributed by atoms with Gasteiger partial charge in [0.05, 0.1) is 12.8 Å². The number of nitrogens with zero attached hydrogens (tertiary/aromatic N) is 1. The first-order chi connectivity index (χ1) is 9.23. The van der Waals surface area contributed by atoms with E-state index in [-0.39, 0.29) is 11.6 Å². The maximum Gasteiger partial charge on any atom is 0.408 e. The molecule has 20 heavy (non-hydrogen) atoms. The second-order valence-corrected chi connectivity index (χ2v) is 5.02. The van der Waals surface area contributed by atoms with E-state index in [1.165, 1.54) is 13.2 Å². The van der Waals surface area contributed by atoms with Gasteiger partial charge in [0.1, 0.15) is 5.60 Å². The van der Waals surface area contributed by atoms with Gasteiger partial charge in [-0.15, -0.1) is 0 Å². The molecule has 0 aliphatic carbocycles. The fraction of sp³-hybridized carbons (Fsp3) is 0.462. The van der Waals surface area contributed by atoms with Crippen LogP contribution in [-0.2, 0) is 9.53 Å². The topological polar surface area (TPSA) is 97.8 Å². The molecular formula is C13H18N2O5. The summed E-state index contributed by atoms with van der Waals surface area (Å²) < 4.78 is 9.95. The largest absolute Gasteiger partial charge is 0.481 e. The molecular weight excluding hydrogens is 264 g/mol. The van der Waals surface area contributed by atoms with Gasteiger partial charge in [-0.3, -0.25) is 0 Å². The molecule has 1 rings (SSSR count). The van der Waals surface area contributed by atoms with E-state index in [9.17, 15) is 14.7 Å². The van der Waals surface area contributed by atoms with E-state index in [0.29, 0.717) is 0 Å². The number of alkyl carbamates (subject to hydrolysis) is 1. The van der Waals surface area contributed by atoms with Crippen LogP contribution in [0.3, 0.4) is 0 Å². The van der Waals surface area contributed by atoms with Crippen LogP contribution in [0.2, 0.25) is 0 Å². The number of amides is 1. The average molecular weight is 282 g/mol. The Kier molecular flexibility index (Phi) is 4.90. The lowest BCUT2D eigenvalue weighted by molar-refractivity contribution is -0.139. The van der Waals surface area contributed by atoms with Crippen molar-refractivity contribution in [1.29, 1.82) is 0 Å². The molecule has 0 spiro atoms. The number of hydrogen-bond donors (Lipinski definition) is 2. The number of carboxylic acids is 1. The zero-order chi connectivity index (χ0) is 15.3. The van der Waals surface area contributed by atoms with Gasteiger partial charge in [0.15, 0.2) is 6.04 Å². The van der Waals surface area contributed by atoms with Crippen LogP contribution < -0.4 is 10.1 Å². The zero-order valence-corrected chi connectivity index (χ0v) is 11.8. The summed E-state index contributed by atoms with van der Waals surface area (Å²) >= 11 is 0. The van der Waals surface area contributed by atoms with Crippen LogP contribution in [-0.4, -0.2) is 34.9 Å². The van der Waals surface area contributed by atoms with Gasteiger partial charge in [-0.25, -0.2) is 14.6 Å². The van der Waals surface area contributed by atoms with Crippen LogP contribution in [0.5, 0.6) is 5.88 Å². The van der Waals surface area contributed by atoms with Gasteiger partial charge in [0.2, 0.25) is 5.88 Å². The van der Waals surface area contributed by atoms with E-state index < -0.39 is 23.7 Å². The zero-order valence-electron chi connectivity index (χ0n) is 11.8. The summed E-state index contributed by atoms with van der Waals surface area (Å²) in [5.41, 5.74) is -0.558. The Bertz CT molecular complexity index is 496. The van der Waals surface area contributed by atoms with Gasteiger partial charge in [-0.1, -0.05) is 6.07 Å². The van der Waals surface area contributed by atoms with Gasteiger partial charge >= 0.3 is 12.1 Å². The summed E-state index contributed by atoms with van der Waals surface area (Å²) in [4.78, 5) is 26.9. The number of carbonyl (C=O) groups excluding carboxylic acids is 1. The normalized spacial score (nSPS) is 12.4. The third-order valence-corrected chi connectivity index (χ3v) is 2.16. The minimum Gasteiger partial charge on any atom is -0.481 e. The van der Waals surface area contributed by atoms with E-state index in [1.54, 1.807) is 32.9 Å². The first-order valence-corrected chi connectivity index (χ1v) is 5.96. The highest BCUT2D eigenvalue weighted by Crippen LogP contribution is 2.16. The number of rotatable bonds is 4. The molecule has 0 radical (unpaired) electrons. The van der Waals surface area contributed by atoms with Gasteiger partial charge in [-0.2, -0.15) is 0 Å². The smallest absolute Gasteiger partial charge is 0.408 e. The Morgan fingerprint density at radius 1 is 1.35 bits per heavy atom. The lowest BCUT2D eigenvalue weighted by Crippen LogP contribution is -2.38. The molecule has 7 heteroatoms. The molecule has 0 saturated heterocycles. The van der Waals surface area contributed by atoms with Crippen molar-refractivity contribution in [2.24, 2.45) is 0 Å². The number of pyridine rings is 1. The van der Waals surface area contributed by atoms with Crippen molar-refractivity contribution in [3.8, 4) is 5.88 Å². The highest BCUT2D eigenvalue weighted by molar-refractivity contribution is 5.81. The van der Waals surface area contributed by atoms with E-state index in [4.69, 9.17) is 9.47 Å². The van der Waals surface area contributed by atoms with Gasteiger partial charge in [0.25, 0.3) is 0 Å². The number of hydrogen-bond acceptors (Lipinski definition) is 5. The van der Waals surface area contributed by atoms with Gasteiger partial charge < -0.3 is 19.9 Å². The lowest BCUT2D eigenvalue weighted by atomic mass is 10.2. The second kappa shape index (κ2) is 6.23. The maximum atomic E-state index is 11.6. The van der Waals surface area contributed by atoms with E-state index >= 15 is 0 Å². The molecule has 1 aromatic rings. The standard InChI is InChI=1S/C13H18N2O5/c1-13(2,3)20-12(18)15-10(11(16)17)8-6-5-7-9(14-8)19-4/h5-7,10H,1-4H3,(H,15,18)(H,16,17). The highest BCUT2D eigenvalue weighted by atomic mass is 16.6. The number of aromatic nitrogens is 1. The quantitative estimate of drug-likeness (QED) is 0.873. The Hall–Kier alpha value is -2.31. The number of carboxylic acid groups (broad SMARTS) is 1. The molecule has 1 unspecified atom stereocenters. The first kappa shape index (κ1) is 15.7. The van der Waals surface area contributed by atoms with Crippen molar-refractivity contribution in [3.05, 3.63) is 23.9 Å². The monoisotopic (exact) mass is 282 g/mol. The summed E-state index contributed by atoms with van der Waals surface area (Å²) in [7, 11) is 1.42. The van der Waals surface area contributed by atoms with Crippen LogP contribution in [0.4, 0.5) is 4.79 Å². The molecule has 1 heterocycles. The minimum absolute atomic E-state index is 0.155. The lowest BCUT2D eigenvalue weighted by Gasteiger charge is -2.21. The third kappa shape index (κ3) is 4.75. The van der Waals surface area contributed by atoms with E-state index in [0.717, 1.165) is 0 Å². The van der Waals surface area contributed by atoms with Crippen LogP contribution >= 0.6 is 0 Å². The summed E-state index contributed by atoms with van der Waals surface area (Å²) in [6.45, 7) is 5.06. The number of methoxy groups -OCH3 is 1. The minimum atomic E-state index is -1.31. The molecule has 1 atom stereocenters. The fourth-order valence-corrected chi connectivity index (χ4v) is 1.39. The molecule has 7 nitrogen and oxygen atoms in total. The van der Waals surface area contributed by atoms with Crippen LogP contribution in [0, 0.1) is 0 Å². The summed E-state index contributed by atoms with van der Waals surface area (Å²) in [6.07, 6.45) is -0.825. The number of aliphatic carboxylic acids is 1. The molecule has 0 saturated carbocycles. The van der Waals surface area contributed by atoms with Crippen molar-refractivity contribution in [2.75, 3.05) is 7.11 Å². The SMILES string of the molecule is COc1cccc(C(NC(=O)OC(C)(C)C)C(=O)O)n1. The number of nitrogens with one attached hydrogen (secondary N) is 1. The highest BCUT2D eigenvalue weighted by Gasteiger charge is 2.26. The van der Waals surface area contributed by atoms with Crippen LogP contribution in [0.25, 0.3) is 0 Å².